The Bertz CT molecular complexity index is 217. The van der Waals surface area contributed by atoms with Crippen LogP contribution in [-0.2, 0) is 4.79 Å². The Morgan fingerprint density at radius 2 is 2.00 bits per heavy atom. The lowest BCUT2D eigenvalue weighted by atomic mass is 9.87. The fourth-order valence-electron chi connectivity index (χ4n) is 1.67. The van der Waals surface area contributed by atoms with Gasteiger partial charge in [0.2, 0.25) is 5.91 Å². The summed E-state index contributed by atoms with van der Waals surface area (Å²) in [5.74, 6) is 0.0918. The quantitative estimate of drug-likeness (QED) is 0.598. The second-order valence-electron chi connectivity index (χ2n) is 5.37. The summed E-state index contributed by atoms with van der Waals surface area (Å²) in [6.07, 6.45) is 3.46. The van der Waals surface area contributed by atoms with E-state index in [4.69, 9.17) is 5.73 Å². The smallest absolute Gasteiger partial charge is 0.233 e. The van der Waals surface area contributed by atoms with E-state index in [0.29, 0.717) is 6.54 Å². The minimum absolute atomic E-state index is 0.0918. The van der Waals surface area contributed by atoms with Gasteiger partial charge in [-0.05, 0) is 37.9 Å². The molecule has 0 radical (unpaired) electrons. The number of carbonyl (C=O) groups excluding carboxylic acids is 1. The highest BCUT2D eigenvalue weighted by atomic mass is 16.1. The van der Waals surface area contributed by atoms with Crippen LogP contribution in [-0.4, -0.2) is 44.0 Å². The van der Waals surface area contributed by atoms with E-state index in [1.165, 1.54) is 6.42 Å². The Labute approximate surface area is 106 Å². The van der Waals surface area contributed by atoms with Crippen LogP contribution in [0.15, 0.2) is 0 Å². The summed E-state index contributed by atoms with van der Waals surface area (Å²) >= 11 is 0. The summed E-state index contributed by atoms with van der Waals surface area (Å²) in [5.41, 5.74) is 5.94. The van der Waals surface area contributed by atoms with Gasteiger partial charge in [0.05, 0.1) is 6.54 Å². The molecule has 4 heteroatoms. The molecule has 0 aromatic carbocycles. The molecule has 1 amide bonds. The Morgan fingerprint density at radius 3 is 2.47 bits per heavy atom. The van der Waals surface area contributed by atoms with E-state index < -0.39 is 0 Å². The normalized spacial score (nSPS) is 11.9. The highest BCUT2D eigenvalue weighted by Gasteiger charge is 2.15. The minimum Gasteiger partial charge on any atom is -0.358 e. The zero-order valence-electron chi connectivity index (χ0n) is 11.9. The molecule has 0 aliphatic rings. The van der Waals surface area contributed by atoms with Crippen LogP contribution in [0, 0.1) is 5.41 Å². The summed E-state index contributed by atoms with van der Waals surface area (Å²) in [5, 5.41) is 2.66. The molecule has 3 N–H and O–H groups in total. The van der Waals surface area contributed by atoms with E-state index in [0.717, 1.165) is 32.5 Å². The van der Waals surface area contributed by atoms with Crippen LogP contribution in [0.3, 0.4) is 0 Å². The summed E-state index contributed by atoms with van der Waals surface area (Å²) in [4.78, 5) is 13.4. The highest BCUT2D eigenvalue weighted by molar-refractivity contribution is 5.77. The number of nitrogens with two attached hydrogens (primary N) is 1. The first kappa shape index (κ1) is 16.4. The average molecular weight is 243 g/mol. The predicted molar refractivity (Wildman–Crippen MR) is 72.9 cm³/mol. The van der Waals surface area contributed by atoms with Gasteiger partial charge in [0, 0.05) is 7.05 Å². The summed E-state index contributed by atoms with van der Waals surface area (Å²) in [6, 6.07) is 0. The van der Waals surface area contributed by atoms with Crippen LogP contribution >= 0.6 is 0 Å². The zero-order chi connectivity index (χ0) is 13.3. The first-order valence-corrected chi connectivity index (χ1v) is 6.58. The van der Waals surface area contributed by atoms with Crippen LogP contribution in [0.5, 0.6) is 0 Å². The lowest BCUT2D eigenvalue weighted by molar-refractivity contribution is -0.121. The first-order valence-electron chi connectivity index (χ1n) is 6.58. The number of rotatable bonds is 9. The predicted octanol–water partition coefficient (Wildman–Crippen LogP) is 1.21. The number of hydrogen-bond acceptors (Lipinski definition) is 3. The Kier molecular flexibility index (Phi) is 8.17. The summed E-state index contributed by atoms with van der Waals surface area (Å²) in [7, 11) is 1.68. The topological polar surface area (TPSA) is 58.4 Å². The van der Waals surface area contributed by atoms with Gasteiger partial charge in [-0.2, -0.15) is 0 Å². The second-order valence-corrected chi connectivity index (χ2v) is 5.37. The number of nitrogens with zero attached hydrogens (tertiary/aromatic N) is 1. The maximum Gasteiger partial charge on any atom is 0.233 e. The standard InChI is InChI=1S/C13H29N3O/c1-5-16(10-12(17)15-4)9-7-6-8-13(2,3)11-14/h5-11,14H2,1-4H3,(H,15,17). The second kappa shape index (κ2) is 8.48. The van der Waals surface area contributed by atoms with Gasteiger partial charge < -0.3 is 11.1 Å². The molecular weight excluding hydrogens is 214 g/mol. The molecule has 4 nitrogen and oxygen atoms in total. The fraction of sp³-hybridized carbons (Fsp3) is 0.923. The monoisotopic (exact) mass is 243 g/mol. The largest absolute Gasteiger partial charge is 0.358 e. The fourth-order valence-corrected chi connectivity index (χ4v) is 1.67. The van der Waals surface area contributed by atoms with Crippen molar-refractivity contribution in [3.8, 4) is 0 Å². The van der Waals surface area contributed by atoms with Crippen molar-refractivity contribution in [1.29, 1.82) is 0 Å². The molecule has 0 heterocycles. The molecule has 0 rings (SSSR count). The maximum absolute atomic E-state index is 11.3. The van der Waals surface area contributed by atoms with Crippen molar-refractivity contribution < 1.29 is 4.79 Å². The number of unbranched alkanes of at least 4 members (excludes halogenated alkanes) is 1. The van der Waals surface area contributed by atoms with E-state index in [-0.39, 0.29) is 11.3 Å². The average Bonchev–Trinajstić information content (AvgIpc) is 2.32. The van der Waals surface area contributed by atoms with Crippen molar-refractivity contribution in [3.63, 3.8) is 0 Å². The molecule has 0 bridgehead atoms. The van der Waals surface area contributed by atoms with Gasteiger partial charge >= 0.3 is 0 Å². The third kappa shape index (κ3) is 8.16. The van der Waals surface area contributed by atoms with Gasteiger partial charge in [-0.15, -0.1) is 0 Å². The Balaban J connectivity index is 3.74. The molecule has 0 aliphatic carbocycles. The molecule has 0 fully saturated rings. The Hall–Kier alpha value is -0.610. The van der Waals surface area contributed by atoms with Gasteiger partial charge in [0.15, 0.2) is 0 Å². The van der Waals surface area contributed by atoms with Crippen LogP contribution in [0.25, 0.3) is 0 Å². The third-order valence-electron chi connectivity index (χ3n) is 3.22. The van der Waals surface area contributed by atoms with Gasteiger partial charge in [0.1, 0.15) is 0 Å². The van der Waals surface area contributed by atoms with Crippen molar-refractivity contribution in [3.05, 3.63) is 0 Å². The molecule has 0 atom stereocenters. The molecule has 102 valence electrons. The minimum atomic E-state index is 0.0918. The molecule has 0 unspecified atom stereocenters. The van der Waals surface area contributed by atoms with Crippen LogP contribution in [0.2, 0.25) is 0 Å². The molecule has 0 aliphatic heterocycles. The van der Waals surface area contributed by atoms with E-state index in [1.54, 1.807) is 7.05 Å². The SMILES string of the molecule is CCN(CCCCC(C)(C)CN)CC(=O)NC. The van der Waals surface area contributed by atoms with Crippen LogP contribution < -0.4 is 11.1 Å². The van der Waals surface area contributed by atoms with Crippen molar-refractivity contribution in [2.45, 2.75) is 40.0 Å². The molecule has 0 aromatic heterocycles. The van der Waals surface area contributed by atoms with E-state index in [2.05, 4.69) is 31.0 Å². The Morgan fingerprint density at radius 1 is 1.35 bits per heavy atom. The zero-order valence-corrected chi connectivity index (χ0v) is 11.9. The highest BCUT2D eigenvalue weighted by Crippen LogP contribution is 2.21. The van der Waals surface area contributed by atoms with Gasteiger partial charge in [0.25, 0.3) is 0 Å². The van der Waals surface area contributed by atoms with E-state index in [1.807, 2.05) is 0 Å². The van der Waals surface area contributed by atoms with Gasteiger partial charge in [-0.25, -0.2) is 0 Å². The van der Waals surface area contributed by atoms with Crippen molar-refractivity contribution in [2.75, 3.05) is 33.2 Å². The van der Waals surface area contributed by atoms with Crippen LogP contribution in [0.4, 0.5) is 0 Å². The number of nitrogens with one attached hydrogen (secondary N) is 1. The summed E-state index contributed by atoms with van der Waals surface area (Å²) < 4.78 is 0. The lowest BCUT2D eigenvalue weighted by Gasteiger charge is -2.23. The number of amides is 1. The first-order chi connectivity index (χ1) is 7.95. The third-order valence-corrected chi connectivity index (χ3v) is 3.22. The summed E-state index contributed by atoms with van der Waals surface area (Å²) in [6.45, 7) is 9.66. The molecular formula is C13H29N3O. The number of likely N-dealkylation sites (N-methyl/N-ethyl adjacent to an activating group) is 2. The molecule has 0 aromatic rings. The number of carbonyl (C=O) groups is 1. The van der Waals surface area contributed by atoms with E-state index >= 15 is 0 Å². The molecule has 0 spiro atoms. The van der Waals surface area contributed by atoms with Gasteiger partial charge in [-0.1, -0.05) is 27.2 Å². The van der Waals surface area contributed by atoms with Crippen molar-refractivity contribution in [2.24, 2.45) is 11.1 Å². The number of hydrogen-bond donors (Lipinski definition) is 2. The van der Waals surface area contributed by atoms with E-state index in [9.17, 15) is 4.79 Å². The van der Waals surface area contributed by atoms with Gasteiger partial charge in [-0.3, -0.25) is 9.69 Å². The van der Waals surface area contributed by atoms with Crippen LogP contribution in [0.1, 0.15) is 40.0 Å². The molecule has 0 saturated carbocycles. The molecule has 17 heavy (non-hydrogen) atoms. The maximum atomic E-state index is 11.3. The van der Waals surface area contributed by atoms with Crippen molar-refractivity contribution >= 4 is 5.91 Å². The molecule has 0 saturated heterocycles. The lowest BCUT2D eigenvalue weighted by Crippen LogP contribution is -2.36. The van der Waals surface area contributed by atoms with Crippen molar-refractivity contribution in [1.82, 2.24) is 10.2 Å².